The first-order chi connectivity index (χ1) is 18.0. The number of aliphatic carboxylic acids is 5. The van der Waals surface area contributed by atoms with Gasteiger partial charge in [-0.2, -0.15) is 11.8 Å². The van der Waals surface area contributed by atoms with E-state index in [1.165, 1.54) is 0 Å². The minimum absolute atomic E-state index is 0.219. The monoisotopic (exact) mass is 578 g/mol. The number of carbonyl (C=O) groups excluding carboxylic acids is 1. The maximum absolute atomic E-state index is 11.7. The summed E-state index contributed by atoms with van der Waals surface area (Å²) in [4.78, 5) is 61.6. The van der Waals surface area contributed by atoms with Crippen molar-refractivity contribution in [2.45, 2.75) is 49.9 Å². The standard InChI is InChI=1S/C14H20N2O4S.2C4H7NO4/c1-21-7-6-11(15)14(19)20-10-4-2-9(3-5-10)8-12(16)13(17)18;2*5-2(4(8)9)1-3(6)7/h2-5,11-12H,6-8,15-16H2,1H3,(H,17,18);2*2H,1,5H2,(H,6,7)(H,8,9)/t11-,12-;2*2-/m000/s1. The van der Waals surface area contributed by atoms with Gasteiger partial charge in [-0.3, -0.25) is 24.0 Å². The van der Waals surface area contributed by atoms with E-state index in [4.69, 9.17) is 53.2 Å². The Morgan fingerprint density at radius 3 is 1.44 bits per heavy atom. The van der Waals surface area contributed by atoms with Gasteiger partial charge in [0.2, 0.25) is 0 Å². The normalized spacial score (nSPS) is 13.1. The molecule has 0 bridgehead atoms. The number of hydrogen-bond donors (Lipinski definition) is 9. The molecule has 1 rings (SSSR count). The number of benzene rings is 1. The lowest BCUT2D eigenvalue weighted by molar-refractivity contribution is -0.144. The molecule has 0 saturated carbocycles. The van der Waals surface area contributed by atoms with Crippen LogP contribution in [0.15, 0.2) is 24.3 Å². The first-order valence-corrected chi connectivity index (χ1v) is 12.3. The molecule has 0 amide bonds. The quantitative estimate of drug-likeness (QED) is 0.0883. The highest BCUT2D eigenvalue weighted by molar-refractivity contribution is 7.98. The third kappa shape index (κ3) is 19.9. The highest BCUT2D eigenvalue weighted by Crippen LogP contribution is 2.14. The predicted octanol–water partition coefficient (Wildman–Crippen LogP) is -1.63. The van der Waals surface area contributed by atoms with Crippen molar-refractivity contribution in [3.63, 3.8) is 0 Å². The van der Waals surface area contributed by atoms with E-state index < -0.39 is 72.8 Å². The lowest BCUT2D eigenvalue weighted by atomic mass is 10.1. The number of carboxylic acid groups (broad SMARTS) is 5. The molecule has 0 aliphatic heterocycles. The van der Waals surface area contributed by atoms with Gasteiger partial charge in [0.25, 0.3) is 0 Å². The molecule has 220 valence electrons. The largest absolute Gasteiger partial charge is 0.481 e. The molecular formula is C22H34N4O12S. The summed E-state index contributed by atoms with van der Waals surface area (Å²) in [5, 5.41) is 40.8. The van der Waals surface area contributed by atoms with Gasteiger partial charge in [0.05, 0.1) is 12.8 Å². The van der Waals surface area contributed by atoms with E-state index >= 15 is 0 Å². The summed E-state index contributed by atoms with van der Waals surface area (Å²) in [6.07, 6.45) is 1.66. The Balaban J connectivity index is 0. The van der Waals surface area contributed by atoms with Crippen LogP contribution < -0.4 is 27.7 Å². The summed E-state index contributed by atoms with van der Waals surface area (Å²) in [5.41, 5.74) is 21.6. The van der Waals surface area contributed by atoms with Gasteiger partial charge < -0.3 is 53.2 Å². The maximum atomic E-state index is 11.7. The van der Waals surface area contributed by atoms with Gasteiger partial charge in [-0.1, -0.05) is 12.1 Å². The molecule has 39 heavy (non-hydrogen) atoms. The second-order valence-electron chi connectivity index (χ2n) is 7.69. The molecule has 0 radical (unpaired) electrons. The first-order valence-electron chi connectivity index (χ1n) is 11.0. The van der Waals surface area contributed by atoms with Crippen molar-refractivity contribution in [3.8, 4) is 5.75 Å². The molecule has 4 atom stereocenters. The van der Waals surface area contributed by atoms with Gasteiger partial charge in [-0.25, -0.2) is 4.79 Å². The van der Waals surface area contributed by atoms with Crippen molar-refractivity contribution in [3.05, 3.63) is 29.8 Å². The van der Waals surface area contributed by atoms with Crippen LogP contribution in [0.4, 0.5) is 0 Å². The molecule has 1 aromatic carbocycles. The number of carbonyl (C=O) groups is 6. The van der Waals surface area contributed by atoms with Crippen molar-refractivity contribution in [1.29, 1.82) is 0 Å². The topological polar surface area (TPSA) is 317 Å². The van der Waals surface area contributed by atoms with E-state index in [-0.39, 0.29) is 6.42 Å². The van der Waals surface area contributed by atoms with Gasteiger partial charge in [-0.05, 0) is 42.5 Å². The Kier molecular flexibility index (Phi) is 19.4. The second-order valence-corrected chi connectivity index (χ2v) is 8.67. The summed E-state index contributed by atoms with van der Waals surface area (Å²) in [6, 6.07) is 2.39. The fourth-order valence-electron chi connectivity index (χ4n) is 2.14. The van der Waals surface area contributed by atoms with E-state index in [0.717, 1.165) is 11.3 Å². The molecule has 0 fully saturated rings. The maximum Gasteiger partial charge on any atom is 0.328 e. The van der Waals surface area contributed by atoms with E-state index in [9.17, 15) is 28.8 Å². The summed E-state index contributed by atoms with van der Waals surface area (Å²) in [5.74, 6) is -5.34. The van der Waals surface area contributed by atoms with Gasteiger partial charge in [0.1, 0.15) is 29.9 Å². The Morgan fingerprint density at radius 2 is 1.13 bits per heavy atom. The molecule has 0 spiro atoms. The molecule has 0 aliphatic rings. The smallest absolute Gasteiger partial charge is 0.328 e. The van der Waals surface area contributed by atoms with Crippen LogP contribution in [-0.4, -0.2) is 97.5 Å². The average molecular weight is 579 g/mol. The van der Waals surface area contributed by atoms with Crippen LogP contribution in [0.2, 0.25) is 0 Å². The van der Waals surface area contributed by atoms with Gasteiger partial charge in [0, 0.05) is 0 Å². The Hall–Kier alpha value is -3.77. The van der Waals surface area contributed by atoms with Gasteiger partial charge in [-0.15, -0.1) is 0 Å². The van der Waals surface area contributed by atoms with Crippen LogP contribution in [0.3, 0.4) is 0 Å². The lowest BCUT2D eigenvalue weighted by Crippen LogP contribution is -2.34. The predicted molar refractivity (Wildman–Crippen MR) is 138 cm³/mol. The summed E-state index contributed by atoms with van der Waals surface area (Å²) in [6.45, 7) is 0. The first kappa shape index (κ1) is 37.4. The molecular weight excluding hydrogens is 544 g/mol. The zero-order valence-corrected chi connectivity index (χ0v) is 21.8. The van der Waals surface area contributed by atoms with E-state index in [1.807, 2.05) is 6.26 Å². The summed E-state index contributed by atoms with van der Waals surface area (Å²) >= 11 is 1.62. The van der Waals surface area contributed by atoms with Crippen molar-refractivity contribution in [1.82, 2.24) is 0 Å². The number of esters is 1. The molecule has 17 heteroatoms. The van der Waals surface area contributed by atoms with Crippen LogP contribution in [0.25, 0.3) is 0 Å². The van der Waals surface area contributed by atoms with Crippen molar-refractivity contribution >= 4 is 47.6 Å². The lowest BCUT2D eigenvalue weighted by Gasteiger charge is -2.11. The number of rotatable bonds is 14. The average Bonchev–Trinajstić information content (AvgIpc) is 2.83. The van der Waals surface area contributed by atoms with Gasteiger partial charge >= 0.3 is 35.8 Å². The minimum Gasteiger partial charge on any atom is -0.481 e. The fraction of sp³-hybridized carbons (Fsp3) is 0.455. The fourth-order valence-corrected chi connectivity index (χ4v) is 2.63. The minimum atomic E-state index is -1.29. The molecule has 0 aromatic heterocycles. The highest BCUT2D eigenvalue weighted by Gasteiger charge is 2.17. The van der Waals surface area contributed by atoms with Crippen molar-refractivity contribution in [2.24, 2.45) is 22.9 Å². The Labute approximate surface area is 227 Å². The third-order valence-corrected chi connectivity index (χ3v) is 4.92. The number of thioether (sulfide) groups is 1. The van der Waals surface area contributed by atoms with Crippen LogP contribution in [0.1, 0.15) is 24.8 Å². The van der Waals surface area contributed by atoms with Gasteiger partial charge in [0.15, 0.2) is 0 Å². The number of ether oxygens (including phenoxy) is 1. The van der Waals surface area contributed by atoms with Crippen LogP contribution >= 0.6 is 11.8 Å². The third-order valence-electron chi connectivity index (χ3n) is 4.27. The number of nitrogens with two attached hydrogens (primary N) is 4. The Morgan fingerprint density at radius 1 is 0.718 bits per heavy atom. The van der Waals surface area contributed by atoms with E-state index in [0.29, 0.717) is 12.2 Å². The van der Waals surface area contributed by atoms with Crippen LogP contribution in [0, 0.1) is 0 Å². The summed E-state index contributed by atoms with van der Waals surface area (Å²) < 4.78 is 5.16. The zero-order valence-electron chi connectivity index (χ0n) is 21.0. The van der Waals surface area contributed by atoms with Crippen LogP contribution in [-0.2, 0) is 35.2 Å². The molecule has 16 nitrogen and oxygen atoms in total. The molecule has 13 N–H and O–H groups in total. The molecule has 0 saturated heterocycles. The molecule has 1 aromatic rings. The van der Waals surface area contributed by atoms with Crippen molar-refractivity contribution < 1.29 is 59.0 Å². The molecule has 0 unspecified atom stereocenters. The zero-order chi connectivity index (χ0) is 30.7. The number of hydrogen-bond acceptors (Lipinski definition) is 12. The number of carboxylic acids is 5. The molecule has 0 aliphatic carbocycles. The summed E-state index contributed by atoms with van der Waals surface area (Å²) in [7, 11) is 0. The van der Waals surface area contributed by atoms with Crippen LogP contribution in [0.5, 0.6) is 5.75 Å². The van der Waals surface area contributed by atoms with E-state index in [2.05, 4.69) is 0 Å². The second kappa shape index (κ2) is 20.2. The highest BCUT2D eigenvalue weighted by atomic mass is 32.2. The molecule has 0 heterocycles. The van der Waals surface area contributed by atoms with E-state index in [1.54, 1.807) is 36.0 Å². The SMILES string of the molecule is CSCC[C@H](N)C(=O)Oc1ccc(C[C@H](N)C(=O)O)cc1.N[C@@H](CC(=O)O)C(=O)O.N[C@@H](CC(=O)O)C(=O)O. The Bertz CT molecular complexity index is 929. The van der Waals surface area contributed by atoms with Crippen molar-refractivity contribution in [2.75, 3.05) is 12.0 Å².